The van der Waals surface area contributed by atoms with Crippen molar-refractivity contribution < 1.29 is 4.79 Å². The van der Waals surface area contributed by atoms with E-state index in [1.54, 1.807) is 18.4 Å². The van der Waals surface area contributed by atoms with E-state index in [0.29, 0.717) is 5.56 Å². The molecule has 2 aromatic rings. The van der Waals surface area contributed by atoms with E-state index in [-0.39, 0.29) is 5.91 Å². The average molecular weight is 325 g/mol. The van der Waals surface area contributed by atoms with E-state index in [4.69, 9.17) is 0 Å². The summed E-state index contributed by atoms with van der Waals surface area (Å²) in [4.78, 5) is 11.4. The molecule has 2 rings (SSSR count). The predicted molar refractivity (Wildman–Crippen MR) is 79.2 cm³/mol. The quantitative estimate of drug-likeness (QED) is 0.904. The van der Waals surface area contributed by atoms with Gasteiger partial charge in [0, 0.05) is 24.8 Å². The van der Waals surface area contributed by atoms with Gasteiger partial charge in [-0.1, -0.05) is 0 Å². The minimum Gasteiger partial charge on any atom is -0.381 e. The van der Waals surface area contributed by atoms with Crippen LogP contribution < -0.4 is 10.6 Å². The van der Waals surface area contributed by atoms with Crippen LogP contribution in [0.25, 0.3) is 0 Å². The summed E-state index contributed by atoms with van der Waals surface area (Å²) in [7, 11) is 1.63. The van der Waals surface area contributed by atoms with Crippen LogP contribution in [-0.2, 0) is 6.54 Å². The highest BCUT2D eigenvalue weighted by atomic mass is 79.9. The first-order valence-corrected chi connectivity index (χ1v) is 7.15. The summed E-state index contributed by atoms with van der Waals surface area (Å²) in [5.74, 6) is -0.0664. The van der Waals surface area contributed by atoms with E-state index in [1.165, 1.54) is 5.56 Å². The van der Waals surface area contributed by atoms with Crippen molar-refractivity contribution in [2.24, 2.45) is 0 Å². The minimum absolute atomic E-state index is 0.0664. The van der Waals surface area contributed by atoms with Crippen molar-refractivity contribution in [3.8, 4) is 0 Å². The normalized spacial score (nSPS) is 10.1. The third kappa shape index (κ3) is 3.34. The van der Waals surface area contributed by atoms with E-state index in [0.717, 1.165) is 16.0 Å². The molecule has 2 N–H and O–H groups in total. The van der Waals surface area contributed by atoms with Crippen LogP contribution in [0.2, 0.25) is 0 Å². The third-order valence-electron chi connectivity index (χ3n) is 2.49. The number of thiophene rings is 1. The molecule has 0 fully saturated rings. The van der Waals surface area contributed by atoms with Gasteiger partial charge in [-0.05, 0) is 57.2 Å². The van der Waals surface area contributed by atoms with Crippen molar-refractivity contribution in [2.75, 3.05) is 12.4 Å². The zero-order chi connectivity index (χ0) is 13.0. The van der Waals surface area contributed by atoms with Crippen LogP contribution in [0, 0.1) is 0 Å². The number of carbonyl (C=O) groups is 1. The zero-order valence-corrected chi connectivity index (χ0v) is 12.3. The van der Waals surface area contributed by atoms with Crippen molar-refractivity contribution in [2.45, 2.75) is 6.54 Å². The van der Waals surface area contributed by atoms with Gasteiger partial charge in [0.05, 0.1) is 3.79 Å². The summed E-state index contributed by atoms with van der Waals surface area (Å²) in [6, 6.07) is 9.53. The first-order valence-electron chi connectivity index (χ1n) is 5.48. The molecule has 94 valence electrons. The molecule has 0 aliphatic carbocycles. The second kappa shape index (κ2) is 6.02. The van der Waals surface area contributed by atoms with Crippen LogP contribution >= 0.6 is 27.3 Å². The van der Waals surface area contributed by atoms with E-state index in [9.17, 15) is 4.79 Å². The standard InChI is InChI=1S/C13H13BrN2OS/c1-15-13(17)10-2-4-11(5-3-10)16-7-9-6-12(14)18-8-9/h2-6,8,16H,7H2,1H3,(H,15,17). The molecule has 3 nitrogen and oxygen atoms in total. The number of hydrogen-bond acceptors (Lipinski definition) is 3. The molecule has 1 heterocycles. The summed E-state index contributed by atoms with van der Waals surface area (Å²) in [6.07, 6.45) is 0. The van der Waals surface area contributed by atoms with Gasteiger partial charge < -0.3 is 10.6 Å². The number of benzene rings is 1. The molecule has 0 aliphatic rings. The van der Waals surface area contributed by atoms with E-state index >= 15 is 0 Å². The lowest BCUT2D eigenvalue weighted by molar-refractivity contribution is 0.0963. The summed E-state index contributed by atoms with van der Waals surface area (Å²) < 4.78 is 1.13. The van der Waals surface area contributed by atoms with Crippen molar-refractivity contribution in [3.63, 3.8) is 0 Å². The molecule has 0 radical (unpaired) electrons. The van der Waals surface area contributed by atoms with Gasteiger partial charge in [0.1, 0.15) is 0 Å². The molecule has 1 aromatic heterocycles. The topological polar surface area (TPSA) is 41.1 Å². The monoisotopic (exact) mass is 324 g/mol. The molecule has 0 saturated carbocycles. The van der Waals surface area contributed by atoms with Crippen LogP contribution in [0.5, 0.6) is 0 Å². The molecule has 5 heteroatoms. The lowest BCUT2D eigenvalue weighted by Crippen LogP contribution is -2.17. The van der Waals surface area contributed by atoms with Gasteiger partial charge >= 0.3 is 0 Å². The molecule has 0 unspecified atom stereocenters. The molecular formula is C13H13BrN2OS. The van der Waals surface area contributed by atoms with Crippen LogP contribution in [0.4, 0.5) is 5.69 Å². The SMILES string of the molecule is CNC(=O)c1ccc(NCc2csc(Br)c2)cc1. The fraction of sp³-hybridized carbons (Fsp3) is 0.154. The summed E-state index contributed by atoms with van der Waals surface area (Å²) >= 11 is 5.11. The molecule has 0 atom stereocenters. The fourth-order valence-corrected chi connectivity index (χ4v) is 2.74. The van der Waals surface area contributed by atoms with Crippen molar-refractivity contribution in [1.29, 1.82) is 0 Å². The number of rotatable bonds is 4. The maximum absolute atomic E-state index is 11.4. The van der Waals surface area contributed by atoms with Crippen LogP contribution in [0.1, 0.15) is 15.9 Å². The molecule has 0 saturated heterocycles. The first kappa shape index (κ1) is 13.1. The molecule has 0 bridgehead atoms. The lowest BCUT2D eigenvalue weighted by Gasteiger charge is -2.06. The summed E-state index contributed by atoms with van der Waals surface area (Å²) in [6.45, 7) is 0.779. The molecule has 0 spiro atoms. The van der Waals surface area contributed by atoms with E-state index in [2.05, 4.69) is 38.0 Å². The van der Waals surface area contributed by atoms with E-state index < -0.39 is 0 Å². The molecule has 1 aromatic carbocycles. The van der Waals surface area contributed by atoms with Crippen LogP contribution in [0.3, 0.4) is 0 Å². The van der Waals surface area contributed by atoms with E-state index in [1.807, 2.05) is 24.3 Å². The Hall–Kier alpha value is -1.33. The largest absolute Gasteiger partial charge is 0.381 e. The Morgan fingerprint density at radius 3 is 2.61 bits per heavy atom. The second-order valence-corrected chi connectivity index (χ2v) is 6.06. The molecular weight excluding hydrogens is 312 g/mol. The van der Waals surface area contributed by atoms with Gasteiger partial charge in [-0.25, -0.2) is 0 Å². The maximum atomic E-state index is 11.4. The second-order valence-electron chi connectivity index (χ2n) is 3.77. The molecule has 0 aliphatic heterocycles. The highest BCUT2D eigenvalue weighted by molar-refractivity contribution is 9.11. The lowest BCUT2D eigenvalue weighted by atomic mass is 10.2. The van der Waals surface area contributed by atoms with Gasteiger partial charge in [0.2, 0.25) is 0 Å². The Morgan fingerprint density at radius 2 is 2.06 bits per heavy atom. The Morgan fingerprint density at radius 1 is 1.33 bits per heavy atom. The van der Waals surface area contributed by atoms with Gasteiger partial charge in [-0.3, -0.25) is 4.79 Å². The summed E-state index contributed by atoms with van der Waals surface area (Å²) in [5, 5.41) is 8.02. The molecule has 1 amide bonds. The number of nitrogens with one attached hydrogen (secondary N) is 2. The number of halogens is 1. The Balaban J connectivity index is 1.96. The highest BCUT2D eigenvalue weighted by Gasteiger charge is 2.02. The fourth-order valence-electron chi connectivity index (χ4n) is 1.53. The molecule has 18 heavy (non-hydrogen) atoms. The third-order valence-corrected chi connectivity index (χ3v) is 4.05. The van der Waals surface area contributed by atoms with Crippen LogP contribution in [-0.4, -0.2) is 13.0 Å². The van der Waals surface area contributed by atoms with Crippen molar-refractivity contribution in [1.82, 2.24) is 5.32 Å². The Labute approximate surface area is 118 Å². The smallest absolute Gasteiger partial charge is 0.251 e. The van der Waals surface area contributed by atoms with Gasteiger partial charge in [-0.15, -0.1) is 11.3 Å². The Bertz CT molecular complexity index is 536. The first-order chi connectivity index (χ1) is 8.69. The average Bonchev–Trinajstić information content (AvgIpc) is 2.82. The number of amides is 1. The van der Waals surface area contributed by atoms with Crippen molar-refractivity contribution in [3.05, 3.63) is 50.6 Å². The van der Waals surface area contributed by atoms with Crippen LogP contribution in [0.15, 0.2) is 39.5 Å². The zero-order valence-electron chi connectivity index (χ0n) is 9.87. The number of hydrogen-bond donors (Lipinski definition) is 2. The number of carbonyl (C=O) groups excluding carboxylic acids is 1. The Kier molecular flexibility index (Phi) is 4.38. The number of anilines is 1. The van der Waals surface area contributed by atoms with Gasteiger partial charge in [0.15, 0.2) is 0 Å². The highest BCUT2D eigenvalue weighted by Crippen LogP contribution is 2.21. The minimum atomic E-state index is -0.0664. The van der Waals surface area contributed by atoms with Gasteiger partial charge in [0.25, 0.3) is 5.91 Å². The summed E-state index contributed by atoms with van der Waals surface area (Å²) in [5.41, 5.74) is 2.91. The maximum Gasteiger partial charge on any atom is 0.251 e. The van der Waals surface area contributed by atoms with Gasteiger partial charge in [-0.2, -0.15) is 0 Å². The predicted octanol–water partition coefficient (Wildman–Crippen LogP) is 3.48. The van der Waals surface area contributed by atoms with Crippen molar-refractivity contribution >= 4 is 38.9 Å².